The molecule has 0 N–H and O–H groups in total. The summed E-state index contributed by atoms with van der Waals surface area (Å²) in [5.74, 6) is 1.05. The average Bonchev–Trinajstić information content (AvgIpc) is 2.36. The van der Waals surface area contributed by atoms with Crippen molar-refractivity contribution >= 4 is 49.8 Å². The number of hydrogen-bond acceptors (Lipinski definition) is 5. The first-order valence-electron chi connectivity index (χ1n) is 5.85. The summed E-state index contributed by atoms with van der Waals surface area (Å²) in [5, 5.41) is 0. The van der Waals surface area contributed by atoms with Gasteiger partial charge in [-0.3, -0.25) is 4.90 Å². The SMILES string of the molecule is CCCN1Cc2cc(C)ccc2OC1SSSI. The second-order valence-electron chi connectivity index (χ2n) is 4.23. The number of halogens is 1. The lowest BCUT2D eigenvalue weighted by molar-refractivity contribution is 0.0673. The van der Waals surface area contributed by atoms with Crippen LogP contribution in [0.1, 0.15) is 24.5 Å². The number of aryl methyl sites for hydroxylation is 1. The molecule has 0 saturated heterocycles. The normalized spacial score (nSPS) is 19.4. The maximum Gasteiger partial charge on any atom is 0.211 e. The summed E-state index contributed by atoms with van der Waals surface area (Å²) in [6, 6.07) is 6.46. The molecule has 2 rings (SSSR count). The van der Waals surface area contributed by atoms with E-state index in [1.54, 1.807) is 28.6 Å². The minimum Gasteiger partial charge on any atom is -0.465 e. The van der Waals surface area contributed by atoms with Crippen molar-refractivity contribution in [3.63, 3.8) is 0 Å². The van der Waals surface area contributed by atoms with Gasteiger partial charge in [0, 0.05) is 39.9 Å². The first-order valence-corrected chi connectivity index (χ1v) is 11.9. The molecular formula is C12H16INOS3. The van der Waals surface area contributed by atoms with E-state index in [0.717, 1.165) is 25.3 Å². The molecule has 0 spiro atoms. The van der Waals surface area contributed by atoms with Crippen LogP contribution in [0.4, 0.5) is 0 Å². The fourth-order valence-electron chi connectivity index (χ4n) is 2.02. The van der Waals surface area contributed by atoms with Gasteiger partial charge in [0.25, 0.3) is 0 Å². The fraction of sp³-hybridized carbons (Fsp3) is 0.500. The van der Waals surface area contributed by atoms with Crippen LogP contribution in [0.5, 0.6) is 5.75 Å². The van der Waals surface area contributed by atoms with Crippen molar-refractivity contribution in [2.75, 3.05) is 6.54 Å². The van der Waals surface area contributed by atoms with Crippen molar-refractivity contribution in [3.05, 3.63) is 29.3 Å². The van der Waals surface area contributed by atoms with E-state index in [1.165, 1.54) is 11.1 Å². The summed E-state index contributed by atoms with van der Waals surface area (Å²) in [4.78, 5) is 2.41. The van der Waals surface area contributed by atoms with Crippen molar-refractivity contribution in [1.29, 1.82) is 0 Å². The molecule has 18 heavy (non-hydrogen) atoms. The van der Waals surface area contributed by atoms with Crippen molar-refractivity contribution in [1.82, 2.24) is 4.90 Å². The molecule has 0 fully saturated rings. The van der Waals surface area contributed by atoms with Gasteiger partial charge < -0.3 is 4.74 Å². The third-order valence-corrected chi connectivity index (χ3v) is 9.48. The van der Waals surface area contributed by atoms with Crippen LogP contribution >= 0.6 is 49.8 Å². The fourth-order valence-corrected chi connectivity index (χ4v) is 6.50. The number of fused-ring (bicyclic) bond motifs is 1. The topological polar surface area (TPSA) is 12.5 Å². The molecule has 0 aromatic heterocycles. The zero-order chi connectivity index (χ0) is 13.0. The van der Waals surface area contributed by atoms with Crippen molar-refractivity contribution in [2.45, 2.75) is 32.4 Å². The van der Waals surface area contributed by atoms with Crippen LogP contribution in [-0.4, -0.2) is 17.0 Å². The van der Waals surface area contributed by atoms with Gasteiger partial charge in [0.1, 0.15) is 5.75 Å². The van der Waals surface area contributed by atoms with Crippen molar-refractivity contribution in [2.24, 2.45) is 0 Å². The summed E-state index contributed by atoms with van der Waals surface area (Å²) in [7, 11) is 5.31. The highest BCUT2D eigenvalue weighted by atomic mass is 127. The lowest BCUT2D eigenvalue weighted by atomic mass is 10.1. The predicted octanol–water partition coefficient (Wildman–Crippen LogP) is 5.26. The molecule has 1 aromatic carbocycles. The maximum absolute atomic E-state index is 6.11. The minimum absolute atomic E-state index is 0.132. The zero-order valence-electron chi connectivity index (χ0n) is 10.4. The van der Waals surface area contributed by atoms with Crippen molar-refractivity contribution in [3.8, 4) is 5.75 Å². The van der Waals surface area contributed by atoms with E-state index in [9.17, 15) is 0 Å². The van der Waals surface area contributed by atoms with Crippen LogP contribution in [0, 0.1) is 6.92 Å². The van der Waals surface area contributed by atoms with Crippen LogP contribution < -0.4 is 4.74 Å². The molecule has 1 atom stereocenters. The Bertz CT molecular complexity index is 405. The second-order valence-corrected chi connectivity index (χ2v) is 10.9. The highest BCUT2D eigenvalue weighted by Gasteiger charge is 2.27. The standard InChI is InChI=1S/C12H16INOS3/c1-3-6-14-8-10-7-9(2)4-5-11(10)15-12(14)16-18-17-13/h4-5,7,12H,3,6,8H2,1-2H3. The summed E-state index contributed by atoms with van der Waals surface area (Å²) in [5.41, 5.74) is 2.75. The number of nitrogens with zero attached hydrogens (tertiary/aromatic N) is 1. The highest BCUT2D eigenvalue weighted by molar-refractivity contribution is 14.2. The maximum atomic E-state index is 6.11. The number of rotatable bonds is 5. The van der Waals surface area contributed by atoms with Gasteiger partial charge in [0.05, 0.1) is 0 Å². The van der Waals surface area contributed by atoms with Gasteiger partial charge in [0.15, 0.2) is 0 Å². The Labute approximate surface area is 132 Å². The Balaban J connectivity index is 2.14. The molecule has 2 nitrogen and oxygen atoms in total. The number of benzene rings is 1. The van der Waals surface area contributed by atoms with Gasteiger partial charge in [-0.25, -0.2) is 0 Å². The Morgan fingerprint density at radius 2 is 2.33 bits per heavy atom. The zero-order valence-corrected chi connectivity index (χ0v) is 15.0. The molecule has 6 heteroatoms. The Kier molecular flexibility index (Phi) is 6.33. The molecule has 0 radical (unpaired) electrons. The lowest BCUT2D eigenvalue weighted by Crippen LogP contribution is -2.40. The molecule has 1 aliphatic rings. The second kappa shape index (κ2) is 7.52. The summed E-state index contributed by atoms with van der Waals surface area (Å²) < 4.78 is 6.11. The van der Waals surface area contributed by atoms with E-state index in [1.807, 2.05) is 0 Å². The molecule has 1 aromatic rings. The first-order chi connectivity index (χ1) is 8.74. The molecule has 1 aliphatic heterocycles. The van der Waals surface area contributed by atoms with Crippen LogP contribution in [-0.2, 0) is 6.54 Å². The summed E-state index contributed by atoms with van der Waals surface area (Å²) in [6.07, 6.45) is 1.16. The van der Waals surface area contributed by atoms with Crippen LogP contribution in [0.15, 0.2) is 18.2 Å². The Morgan fingerprint density at radius 3 is 3.06 bits per heavy atom. The van der Waals surface area contributed by atoms with Crippen LogP contribution in [0.25, 0.3) is 0 Å². The third kappa shape index (κ3) is 3.88. The molecule has 1 heterocycles. The molecule has 0 bridgehead atoms. The molecule has 0 saturated carbocycles. The molecule has 0 aliphatic carbocycles. The average molecular weight is 413 g/mol. The van der Waals surface area contributed by atoms with Gasteiger partial charge in [-0.1, -0.05) is 24.6 Å². The van der Waals surface area contributed by atoms with E-state index in [-0.39, 0.29) is 5.56 Å². The van der Waals surface area contributed by atoms with E-state index in [0.29, 0.717) is 0 Å². The first kappa shape index (κ1) is 15.2. The minimum atomic E-state index is 0.132. The van der Waals surface area contributed by atoms with E-state index in [4.69, 9.17) is 4.74 Å². The van der Waals surface area contributed by atoms with Crippen LogP contribution in [0.2, 0.25) is 0 Å². The molecule has 100 valence electrons. The quantitative estimate of drug-likeness (QED) is 0.481. The van der Waals surface area contributed by atoms with Gasteiger partial charge in [-0.15, -0.1) is 0 Å². The van der Waals surface area contributed by atoms with Gasteiger partial charge in [0.2, 0.25) is 5.56 Å². The monoisotopic (exact) mass is 413 g/mol. The van der Waals surface area contributed by atoms with Crippen LogP contribution in [0.3, 0.4) is 0 Å². The molecule has 1 unspecified atom stereocenters. The highest BCUT2D eigenvalue weighted by Crippen LogP contribution is 2.45. The Morgan fingerprint density at radius 1 is 1.50 bits per heavy atom. The number of ether oxygens (including phenoxy) is 1. The van der Waals surface area contributed by atoms with Crippen molar-refractivity contribution < 1.29 is 4.74 Å². The van der Waals surface area contributed by atoms with Gasteiger partial charge in [-0.05, 0) is 48.0 Å². The largest absolute Gasteiger partial charge is 0.465 e. The summed E-state index contributed by atoms with van der Waals surface area (Å²) in [6.45, 7) is 6.42. The Hall–Kier alpha value is 0.760. The van der Waals surface area contributed by atoms with E-state index in [2.05, 4.69) is 58.2 Å². The summed E-state index contributed by atoms with van der Waals surface area (Å²) >= 11 is 2.30. The van der Waals surface area contributed by atoms with Gasteiger partial charge >= 0.3 is 0 Å². The molecule has 0 amide bonds. The third-order valence-electron chi connectivity index (χ3n) is 2.77. The molecular weight excluding hydrogens is 397 g/mol. The smallest absolute Gasteiger partial charge is 0.211 e. The predicted molar refractivity (Wildman–Crippen MR) is 93.1 cm³/mol. The number of hydrogen-bond donors (Lipinski definition) is 0. The van der Waals surface area contributed by atoms with Gasteiger partial charge in [-0.2, -0.15) is 0 Å². The lowest BCUT2D eigenvalue weighted by Gasteiger charge is -2.35. The van der Waals surface area contributed by atoms with E-state index >= 15 is 0 Å². The van der Waals surface area contributed by atoms with E-state index < -0.39 is 0 Å².